The molecule has 90 valence electrons. The van der Waals surface area contributed by atoms with Crippen molar-refractivity contribution in [1.29, 1.82) is 0 Å². The quantitative estimate of drug-likeness (QED) is 0.933. The molecule has 7 heteroatoms. The summed E-state index contributed by atoms with van der Waals surface area (Å²) in [4.78, 5) is 0. The molecule has 0 aliphatic carbocycles. The third kappa shape index (κ3) is 2.85. The Morgan fingerprint density at radius 3 is 2.65 bits per heavy atom. The van der Waals surface area contributed by atoms with E-state index in [0.29, 0.717) is 5.69 Å². The zero-order valence-corrected chi connectivity index (χ0v) is 11.6. The fraction of sp³-hybridized carbons (Fsp3) is 0. The van der Waals surface area contributed by atoms with Gasteiger partial charge in [0.25, 0.3) is 10.0 Å². The largest absolute Gasteiger partial charge is 0.279 e. The van der Waals surface area contributed by atoms with Crippen LogP contribution in [-0.4, -0.2) is 8.42 Å². The lowest BCUT2D eigenvalue weighted by molar-refractivity contribution is 0.602. The highest BCUT2D eigenvalue weighted by atomic mass is 79.9. The first-order valence-corrected chi connectivity index (χ1v) is 7.66. The molecule has 0 saturated heterocycles. The van der Waals surface area contributed by atoms with Crippen molar-refractivity contribution in [3.05, 3.63) is 46.0 Å². The van der Waals surface area contributed by atoms with Crippen LogP contribution in [0.15, 0.2) is 44.4 Å². The molecular formula is C10H7BrFNO2S2. The standard InChI is InChI=1S/C10H7BrFNO2S2/c11-8-6-7(3-4-9(8)12)13-17(14,15)10-2-1-5-16-10/h1-6,13H. The summed E-state index contributed by atoms with van der Waals surface area (Å²) in [5.41, 5.74) is 0.312. The van der Waals surface area contributed by atoms with Crippen LogP contribution >= 0.6 is 27.3 Å². The summed E-state index contributed by atoms with van der Waals surface area (Å²) >= 11 is 4.12. The number of anilines is 1. The van der Waals surface area contributed by atoms with Gasteiger partial charge in [-0.3, -0.25) is 4.72 Å². The van der Waals surface area contributed by atoms with Crippen molar-refractivity contribution in [2.75, 3.05) is 4.72 Å². The fourth-order valence-corrected chi connectivity index (χ4v) is 3.60. The second-order valence-electron chi connectivity index (χ2n) is 3.17. The van der Waals surface area contributed by atoms with Gasteiger partial charge >= 0.3 is 0 Å². The second-order valence-corrected chi connectivity index (χ2v) is 6.88. The molecule has 2 aromatic rings. The van der Waals surface area contributed by atoms with E-state index in [1.165, 1.54) is 24.3 Å². The third-order valence-corrected chi connectivity index (χ3v) is 5.32. The maximum Gasteiger partial charge on any atom is 0.271 e. The molecule has 1 heterocycles. The monoisotopic (exact) mass is 335 g/mol. The van der Waals surface area contributed by atoms with Crippen LogP contribution in [0.5, 0.6) is 0 Å². The van der Waals surface area contributed by atoms with Crippen molar-refractivity contribution >= 4 is 43.0 Å². The Hall–Kier alpha value is -0.920. The molecule has 1 aromatic carbocycles. The Morgan fingerprint density at radius 2 is 2.06 bits per heavy atom. The summed E-state index contributed by atoms with van der Waals surface area (Å²) in [6.45, 7) is 0. The number of hydrogen-bond donors (Lipinski definition) is 1. The molecule has 0 bridgehead atoms. The molecule has 0 aliphatic heterocycles. The molecule has 1 N–H and O–H groups in total. The minimum atomic E-state index is -3.57. The van der Waals surface area contributed by atoms with Gasteiger partial charge in [0.1, 0.15) is 10.0 Å². The SMILES string of the molecule is O=S(=O)(Nc1ccc(F)c(Br)c1)c1cccs1. The van der Waals surface area contributed by atoms with Gasteiger partial charge in [0.2, 0.25) is 0 Å². The summed E-state index contributed by atoms with van der Waals surface area (Å²) < 4.78 is 39.5. The van der Waals surface area contributed by atoms with E-state index in [-0.39, 0.29) is 8.68 Å². The van der Waals surface area contributed by atoms with Gasteiger partial charge in [-0.25, -0.2) is 12.8 Å². The number of nitrogens with one attached hydrogen (secondary N) is 1. The van der Waals surface area contributed by atoms with Crippen LogP contribution in [-0.2, 0) is 10.0 Å². The van der Waals surface area contributed by atoms with Gasteiger partial charge in [-0.1, -0.05) is 6.07 Å². The van der Waals surface area contributed by atoms with E-state index in [2.05, 4.69) is 20.7 Å². The summed E-state index contributed by atoms with van der Waals surface area (Å²) in [5.74, 6) is -0.441. The van der Waals surface area contributed by atoms with E-state index in [1.807, 2.05) is 0 Å². The lowest BCUT2D eigenvalue weighted by Gasteiger charge is -2.06. The van der Waals surface area contributed by atoms with Crippen molar-refractivity contribution in [2.45, 2.75) is 4.21 Å². The Morgan fingerprint density at radius 1 is 1.29 bits per heavy atom. The number of thiophene rings is 1. The highest BCUT2D eigenvalue weighted by molar-refractivity contribution is 9.10. The number of sulfonamides is 1. The van der Waals surface area contributed by atoms with E-state index >= 15 is 0 Å². The molecule has 0 saturated carbocycles. The first kappa shape index (κ1) is 12.5. The molecule has 0 fully saturated rings. The molecule has 2 rings (SSSR count). The minimum absolute atomic E-state index is 0.212. The van der Waals surface area contributed by atoms with Gasteiger partial charge < -0.3 is 0 Å². The van der Waals surface area contributed by atoms with E-state index < -0.39 is 15.8 Å². The number of rotatable bonds is 3. The first-order valence-electron chi connectivity index (χ1n) is 4.50. The van der Waals surface area contributed by atoms with Crippen LogP contribution < -0.4 is 4.72 Å². The summed E-state index contributed by atoms with van der Waals surface area (Å²) in [6, 6.07) is 7.09. The molecule has 0 radical (unpaired) electrons. The summed E-state index contributed by atoms with van der Waals surface area (Å²) in [6.07, 6.45) is 0. The van der Waals surface area contributed by atoms with Crippen molar-refractivity contribution < 1.29 is 12.8 Å². The normalized spacial score (nSPS) is 11.4. The zero-order chi connectivity index (χ0) is 12.5. The third-order valence-electron chi connectivity index (χ3n) is 1.93. The van der Waals surface area contributed by atoms with E-state index in [1.54, 1.807) is 11.4 Å². The molecule has 0 unspecified atom stereocenters. The Kier molecular flexibility index (Phi) is 3.50. The van der Waals surface area contributed by atoms with Gasteiger partial charge in [-0.15, -0.1) is 11.3 Å². The molecule has 0 aliphatic rings. The van der Waals surface area contributed by atoms with Gasteiger partial charge in [-0.05, 0) is 45.6 Å². The second kappa shape index (κ2) is 4.75. The molecule has 3 nitrogen and oxygen atoms in total. The predicted molar refractivity (Wildman–Crippen MR) is 69.2 cm³/mol. The first-order chi connectivity index (χ1) is 7.99. The van der Waals surface area contributed by atoms with Gasteiger partial charge in [-0.2, -0.15) is 0 Å². The topological polar surface area (TPSA) is 46.2 Å². The van der Waals surface area contributed by atoms with Gasteiger partial charge in [0.05, 0.1) is 10.2 Å². The highest BCUT2D eigenvalue weighted by Gasteiger charge is 2.15. The maximum atomic E-state index is 13.0. The Balaban J connectivity index is 2.30. The number of benzene rings is 1. The van der Waals surface area contributed by atoms with Crippen LogP contribution in [0.2, 0.25) is 0 Å². The van der Waals surface area contributed by atoms with Crippen molar-refractivity contribution in [3.63, 3.8) is 0 Å². The van der Waals surface area contributed by atoms with Crippen molar-refractivity contribution in [3.8, 4) is 0 Å². The fourth-order valence-electron chi connectivity index (χ4n) is 1.18. The molecule has 17 heavy (non-hydrogen) atoms. The van der Waals surface area contributed by atoms with Crippen molar-refractivity contribution in [1.82, 2.24) is 0 Å². The molecular weight excluding hydrogens is 329 g/mol. The molecule has 1 aromatic heterocycles. The van der Waals surface area contributed by atoms with Crippen LogP contribution in [0.1, 0.15) is 0 Å². The van der Waals surface area contributed by atoms with Gasteiger partial charge in [0.15, 0.2) is 0 Å². The Bertz CT molecular complexity index is 626. The summed E-state index contributed by atoms with van der Waals surface area (Å²) in [7, 11) is -3.57. The van der Waals surface area contributed by atoms with Crippen LogP contribution in [0.3, 0.4) is 0 Å². The lowest BCUT2D eigenvalue weighted by atomic mass is 10.3. The zero-order valence-electron chi connectivity index (χ0n) is 8.35. The summed E-state index contributed by atoms with van der Waals surface area (Å²) in [5, 5.41) is 1.68. The molecule has 0 amide bonds. The minimum Gasteiger partial charge on any atom is -0.279 e. The van der Waals surface area contributed by atoms with E-state index in [0.717, 1.165) is 11.3 Å². The van der Waals surface area contributed by atoms with Crippen LogP contribution in [0, 0.1) is 5.82 Å². The smallest absolute Gasteiger partial charge is 0.271 e. The average molecular weight is 336 g/mol. The van der Waals surface area contributed by atoms with Gasteiger partial charge in [0, 0.05) is 0 Å². The lowest BCUT2D eigenvalue weighted by Crippen LogP contribution is -2.11. The molecule has 0 atom stereocenters. The van der Waals surface area contributed by atoms with E-state index in [4.69, 9.17) is 0 Å². The number of halogens is 2. The number of hydrogen-bond acceptors (Lipinski definition) is 3. The van der Waals surface area contributed by atoms with E-state index in [9.17, 15) is 12.8 Å². The predicted octanol–water partition coefficient (Wildman–Crippen LogP) is 3.45. The highest BCUT2D eigenvalue weighted by Crippen LogP contribution is 2.24. The van der Waals surface area contributed by atoms with Crippen LogP contribution in [0.4, 0.5) is 10.1 Å². The molecule has 0 spiro atoms. The maximum absolute atomic E-state index is 13.0. The van der Waals surface area contributed by atoms with Crippen molar-refractivity contribution in [2.24, 2.45) is 0 Å². The van der Waals surface area contributed by atoms with Crippen LogP contribution in [0.25, 0.3) is 0 Å². The average Bonchev–Trinajstić information content (AvgIpc) is 2.77. The Labute approximate surface area is 110 Å².